The van der Waals surface area contributed by atoms with Gasteiger partial charge < -0.3 is 15.5 Å². The lowest BCUT2D eigenvalue weighted by atomic mass is 10.1. The number of urea groups is 1. The fourth-order valence-electron chi connectivity index (χ4n) is 2.63. The molecule has 0 bridgehead atoms. The van der Waals surface area contributed by atoms with Crippen LogP contribution >= 0.6 is 0 Å². The van der Waals surface area contributed by atoms with E-state index in [1.54, 1.807) is 43.4 Å². The number of nitro groups is 1. The molecule has 0 aliphatic rings. The second kappa shape index (κ2) is 8.98. The molecule has 2 aromatic carbocycles. The summed E-state index contributed by atoms with van der Waals surface area (Å²) in [7, 11) is 1.65. The predicted molar refractivity (Wildman–Crippen MR) is 107 cm³/mol. The lowest BCUT2D eigenvalue weighted by molar-refractivity contribution is -0.384. The van der Waals surface area contributed by atoms with Crippen LogP contribution in [0.25, 0.3) is 0 Å². The highest BCUT2D eigenvalue weighted by molar-refractivity contribution is 5.95. The fourth-order valence-corrected chi connectivity index (χ4v) is 2.63. The number of nitrogens with zero attached hydrogens (tertiary/aromatic N) is 2. The van der Waals surface area contributed by atoms with Crippen LogP contribution in [0.1, 0.15) is 42.7 Å². The molecule has 28 heavy (non-hydrogen) atoms. The number of hydrogen-bond donors (Lipinski definition) is 2. The maximum absolute atomic E-state index is 12.7. The minimum absolute atomic E-state index is 0.0136. The number of carbonyl (C=O) groups excluding carboxylic acids is 2. The Hall–Kier alpha value is -3.42. The molecule has 0 aliphatic carbocycles. The molecule has 0 spiro atoms. The molecule has 2 rings (SSSR count). The van der Waals surface area contributed by atoms with Crippen molar-refractivity contribution in [2.45, 2.75) is 32.9 Å². The summed E-state index contributed by atoms with van der Waals surface area (Å²) < 4.78 is 0. The van der Waals surface area contributed by atoms with Gasteiger partial charge in [-0.25, -0.2) is 4.79 Å². The highest BCUT2D eigenvalue weighted by atomic mass is 16.6. The average molecular weight is 384 g/mol. The number of nitro benzene ring substituents is 1. The smallest absolute Gasteiger partial charge is 0.319 e. The maximum atomic E-state index is 12.7. The fraction of sp³-hybridized carbons (Fsp3) is 0.300. The second-order valence-electron chi connectivity index (χ2n) is 6.77. The van der Waals surface area contributed by atoms with Gasteiger partial charge in [-0.15, -0.1) is 0 Å². The Morgan fingerprint density at radius 1 is 1.07 bits per heavy atom. The maximum Gasteiger partial charge on any atom is 0.319 e. The number of carbonyl (C=O) groups is 2. The van der Waals surface area contributed by atoms with Crippen LogP contribution in [0.5, 0.6) is 0 Å². The molecule has 0 radical (unpaired) electrons. The lowest BCUT2D eigenvalue weighted by Crippen LogP contribution is -2.34. The molecule has 2 aromatic rings. The van der Waals surface area contributed by atoms with Crippen LogP contribution < -0.4 is 10.6 Å². The number of non-ortho nitro benzene ring substituents is 1. The molecule has 0 aromatic heterocycles. The van der Waals surface area contributed by atoms with E-state index in [1.165, 1.54) is 17.0 Å². The summed E-state index contributed by atoms with van der Waals surface area (Å²) in [4.78, 5) is 36.5. The number of anilines is 1. The van der Waals surface area contributed by atoms with Gasteiger partial charge in [-0.05, 0) is 50.6 Å². The second-order valence-corrected chi connectivity index (χ2v) is 6.77. The van der Waals surface area contributed by atoms with Gasteiger partial charge in [-0.3, -0.25) is 14.9 Å². The minimum atomic E-state index is -0.459. The Labute approximate surface area is 163 Å². The van der Waals surface area contributed by atoms with Crippen LogP contribution in [0.3, 0.4) is 0 Å². The molecule has 8 nitrogen and oxygen atoms in total. The first-order chi connectivity index (χ1) is 13.2. The number of rotatable bonds is 6. The van der Waals surface area contributed by atoms with Crippen LogP contribution in [0.4, 0.5) is 16.2 Å². The van der Waals surface area contributed by atoms with E-state index in [9.17, 15) is 19.7 Å². The lowest BCUT2D eigenvalue weighted by Gasteiger charge is -2.25. The van der Waals surface area contributed by atoms with E-state index in [2.05, 4.69) is 10.6 Å². The number of benzene rings is 2. The molecule has 0 heterocycles. The van der Waals surface area contributed by atoms with Crippen molar-refractivity contribution in [2.75, 3.05) is 12.4 Å². The summed E-state index contributed by atoms with van der Waals surface area (Å²) in [5.74, 6) is -0.225. The van der Waals surface area contributed by atoms with E-state index in [0.717, 1.165) is 0 Å². The number of hydrogen-bond acceptors (Lipinski definition) is 4. The van der Waals surface area contributed by atoms with Crippen LogP contribution in [0.15, 0.2) is 48.5 Å². The largest absolute Gasteiger partial charge is 0.336 e. The zero-order chi connectivity index (χ0) is 20.8. The first-order valence-electron chi connectivity index (χ1n) is 8.88. The third-order valence-electron chi connectivity index (χ3n) is 4.27. The molecule has 0 saturated heterocycles. The van der Waals surface area contributed by atoms with E-state index >= 15 is 0 Å². The van der Waals surface area contributed by atoms with Gasteiger partial charge >= 0.3 is 6.03 Å². The van der Waals surface area contributed by atoms with E-state index in [4.69, 9.17) is 0 Å². The molecule has 0 fully saturated rings. The van der Waals surface area contributed by atoms with Gasteiger partial charge in [0, 0.05) is 36.5 Å². The molecule has 0 aliphatic heterocycles. The SMILES string of the molecule is CC(C)NC(=O)Nc1ccc(C(=O)N(C)C(C)c2cccc([N+](=O)[O-])c2)cc1. The van der Waals surface area contributed by atoms with Crippen molar-refractivity contribution < 1.29 is 14.5 Å². The van der Waals surface area contributed by atoms with Crippen molar-refractivity contribution >= 4 is 23.3 Å². The van der Waals surface area contributed by atoms with Crippen molar-refractivity contribution in [3.63, 3.8) is 0 Å². The molecule has 0 saturated carbocycles. The first kappa shape index (κ1) is 20.9. The normalized spacial score (nSPS) is 11.6. The van der Waals surface area contributed by atoms with E-state index in [0.29, 0.717) is 16.8 Å². The summed E-state index contributed by atoms with van der Waals surface area (Å²) in [6.45, 7) is 5.53. The van der Waals surface area contributed by atoms with Crippen molar-refractivity contribution in [1.29, 1.82) is 0 Å². The molecule has 8 heteroatoms. The Morgan fingerprint density at radius 2 is 1.71 bits per heavy atom. The van der Waals surface area contributed by atoms with E-state index < -0.39 is 4.92 Å². The van der Waals surface area contributed by atoms with Gasteiger partial charge in [0.15, 0.2) is 0 Å². The van der Waals surface area contributed by atoms with Gasteiger partial charge in [-0.1, -0.05) is 12.1 Å². The standard InChI is InChI=1S/C20H24N4O4/c1-13(2)21-20(26)22-17-10-8-15(9-11-17)19(25)23(4)14(3)16-6-5-7-18(12-16)24(27)28/h5-14H,1-4H3,(H2,21,22,26). The van der Waals surface area contributed by atoms with E-state index in [1.807, 2.05) is 20.8 Å². The third kappa shape index (κ3) is 5.29. The molecule has 148 valence electrons. The minimum Gasteiger partial charge on any atom is -0.336 e. The summed E-state index contributed by atoms with van der Waals surface area (Å²) in [5, 5.41) is 16.4. The van der Waals surface area contributed by atoms with E-state index in [-0.39, 0.29) is 29.7 Å². The highest BCUT2D eigenvalue weighted by Gasteiger charge is 2.20. The summed E-state index contributed by atoms with van der Waals surface area (Å²) in [5.41, 5.74) is 1.69. The predicted octanol–water partition coefficient (Wildman–Crippen LogP) is 3.96. The van der Waals surface area contributed by atoms with Crippen LogP contribution in [-0.2, 0) is 0 Å². The highest BCUT2D eigenvalue weighted by Crippen LogP contribution is 2.24. The average Bonchev–Trinajstić information content (AvgIpc) is 2.66. The molecule has 2 N–H and O–H groups in total. The van der Waals surface area contributed by atoms with Crippen molar-refractivity contribution in [3.8, 4) is 0 Å². The first-order valence-corrected chi connectivity index (χ1v) is 8.88. The topological polar surface area (TPSA) is 105 Å². The molecular formula is C20H24N4O4. The Morgan fingerprint density at radius 3 is 2.29 bits per heavy atom. The summed E-state index contributed by atoms with van der Waals surface area (Å²) in [6.07, 6.45) is 0. The summed E-state index contributed by atoms with van der Waals surface area (Å²) >= 11 is 0. The molecule has 1 atom stereocenters. The van der Waals surface area contributed by atoms with Gasteiger partial charge in [0.2, 0.25) is 0 Å². The number of amides is 3. The van der Waals surface area contributed by atoms with Crippen molar-refractivity contribution in [1.82, 2.24) is 10.2 Å². The number of nitrogens with one attached hydrogen (secondary N) is 2. The molecule has 3 amide bonds. The van der Waals surface area contributed by atoms with Gasteiger partial charge in [0.1, 0.15) is 0 Å². The van der Waals surface area contributed by atoms with Gasteiger partial charge in [0.25, 0.3) is 11.6 Å². The van der Waals surface area contributed by atoms with Gasteiger partial charge in [-0.2, -0.15) is 0 Å². The molecule has 1 unspecified atom stereocenters. The quantitative estimate of drug-likeness (QED) is 0.581. The van der Waals surface area contributed by atoms with Gasteiger partial charge in [0.05, 0.1) is 11.0 Å². The van der Waals surface area contributed by atoms with Crippen molar-refractivity contribution in [3.05, 3.63) is 69.8 Å². The zero-order valence-electron chi connectivity index (χ0n) is 16.3. The van der Waals surface area contributed by atoms with Crippen molar-refractivity contribution in [2.24, 2.45) is 0 Å². The van der Waals surface area contributed by atoms with Crippen LogP contribution in [0, 0.1) is 10.1 Å². The molecular weight excluding hydrogens is 360 g/mol. The third-order valence-corrected chi connectivity index (χ3v) is 4.27. The van der Waals surface area contributed by atoms with Crippen LogP contribution in [-0.4, -0.2) is 34.9 Å². The van der Waals surface area contributed by atoms with Crippen LogP contribution in [0.2, 0.25) is 0 Å². The summed E-state index contributed by atoms with van der Waals surface area (Å²) in [6, 6.07) is 12.2. The Bertz CT molecular complexity index is 865. The zero-order valence-corrected chi connectivity index (χ0v) is 16.3. The Kier molecular flexibility index (Phi) is 6.70. The Balaban J connectivity index is 2.09. The monoisotopic (exact) mass is 384 g/mol.